The number of anilines is 1. The van der Waals surface area contributed by atoms with Gasteiger partial charge >= 0.3 is 0 Å². The number of nitrogens with one attached hydrogen (secondary N) is 2. The predicted molar refractivity (Wildman–Crippen MR) is 72.4 cm³/mol. The van der Waals surface area contributed by atoms with Crippen molar-refractivity contribution in [1.82, 2.24) is 5.32 Å². The first kappa shape index (κ1) is 12.6. The molecule has 0 spiro atoms. The molecule has 2 aliphatic rings. The summed E-state index contributed by atoms with van der Waals surface area (Å²) in [7, 11) is 0. The van der Waals surface area contributed by atoms with Crippen molar-refractivity contribution >= 4 is 11.6 Å². The second-order valence-electron chi connectivity index (χ2n) is 5.58. The van der Waals surface area contributed by atoms with E-state index in [1.165, 1.54) is 0 Å². The Hall–Kier alpha value is -1.42. The van der Waals surface area contributed by atoms with Gasteiger partial charge in [-0.25, -0.2) is 4.39 Å². The maximum Gasteiger partial charge on any atom is 0.230 e. The van der Waals surface area contributed by atoms with E-state index in [4.69, 9.17) is 0 Å². The van der Waals surface area contributed by atoms with E-state index in [1.807, 2.05) is 13.0 Å². The minimum atomic E-state index is -0.251. The highest BCUT2D eigenvalue weighted by molar-refractivity contribution is 5.97. The first-order valence-electron chi connectivity index (χ1n) is 6.99. The molecule has 19 heavy (non-hydrogen) atoms. The highest BCUT2D eigenvalue weighted by atomic mass is 19.1. The van der Waals surface area contributed by atoms with Crippen LogP contribution in [0.1, 0.15) is 37.3 Å². The molecule has 0 bridgehead atoms. The molecule has 0 radical (unpaired) electrons. The van der Waals surface area contributed by atoms with E-state index in [9.17, 15) is 9.18 Å². The normalized spacial score (nSPS) is 19.7. The van der Waals surface area contributed by atoms with Crippen LogP contribution < -0.4 is 10.6 Å². The highest BCUT2D eigenvalue weighted by Gasteiger charge is 2.48. The average Bonchev–Trinajstić information content (AvgIpc) is 3.23. The van der Waals surface area contributed by atoms with E-state index in [0.29, 0.717) is 18.7 Å². The third kappa shape index (κ3) is 2.14. The number of carbonyl (C=O) groups is 1. The molecule has 0 saturated heterocycles. The van der Waals surface area contributed by atoms with Crippen LogP contribution in [-0.4, -0.2) is 12.5 Å². The molecule has 1 heterocycles. The van der Waals surface area contributed by atoms with Crippen molar-refractivity contribution in [3.8, 4) is 0 Å². The Kier molecular flexibility index (Phi) is 3.05. The summed E-state index contributed by atoms with van der Waals surface area (Å²) in [6.07, 6.45) is 3.36. The van der Waals surface area contributed by atoms with Crippen molar-refractivity contribution in [2.24, 2.45) is 5.41 Å². The summed E-state index contributed by atoms with van der Waals surface area (Å²) in [5, 5.41) is 6.00. The lowest BCUT2D eigenvalue weighted by atomic mass is 9.98. The Morgan fingerprint density at radius 3 is 2.95 bits per heavy atom. The summed E-state index contributed by atoms with van der Waals surface area (Å²) >= 11 is 0. The SMILES string of the molecule is CCC1(C(=O)Nc2ccc3c(c2F)CCNC3)CC1. The summed E-state index contributed by atoms with van der Waals surface area (Å²) in [6, 6.07) is 3.59. The van der Waals surface area contributed by atoms with Gasteiger partial charge in [0.15, 0.2) is 0 Å². The maximum atomic E-state index is 14.4. The van der Waals surface area contributed by atoms with Gasteiger partial charge in [0.05, 0.1) is 5.69 Å². The van der Waals surface area contributed by atoms with Gasteiger partial charge in [0.2, 0.25) is 5.91 Å². The third-order valence-corrected chi connectivity index (χ3v) is 4.47. The topological polar surface area (TPSA) is 41.1 Å². The first-order chi connectivity index (χ1) is 9.16. The summed E-state index contributed by atoms with van der Waals surface area (Å²) in [6.45, 7) is 3.51. The second kappa shape index (κ2) is 4.60. The lowest BCUT2D eigenvalue weighted by molar-refractivity contribution is -0.121. The van der Waals surface area contributed by atoms with Crippen LogP contribution >= 0.6 is 0 Å². The maximum absolute atomic E-state index is 14.4. The minimum absolute atomic E-state index is 0.0252. The quantitative estimate of drug-likeness (QED) is 0.879. The van der Waals surface area contributed by atoms with Crippen molar-refractivity contribution in [3.63, 3.8) is 0 Å². The standard InChI is InChI=1S/C15H19FN2O/c1-2-15(6-7-15)14(19)18-12-4-3-10-9-17-8-5-11(10)13(12)16/h3-4,17H,2,5-9H2,1H3,(H,18,19). The molecular formula is C15H19FN2O. The molecule has 102 valence electrons. The zero-order chi connectivity index (χ0) is 13.5. The zero-order valence-electron chi connectivity index (χ0n) is 11.2. The van der Waals surface area contributed by atoms with Gasteiger partial charge in [-0.15, -0.1) is 0 Å². The molecule has 3 rings (SSSR count). The molecule has 1 aromatic carbocycles. The monoisotopic (exact) mass is 262 g/mol. The Labute approximate surface area is 112 Å². The fraction of sp³-hybridized carbons (Fsp3) is 0.533. The van der Waals surface area contributed by atoms with Gasteiger partial charge in [0, 0.05) is 12.0 Å². The van der Waals surface area contributed by atoms with Crippen molar-refractivity contribution in [3.05, 3.63) is 29.1 Å². The average molecular weight is 262 g/mol. The summed E-state index contributed by atoms with van der Waals surface area (Å²) in [5.74, 6) is -0.276. The van der Waals surface area contributed by atoms with E-state index >= 15 is 0 Å². The highest BCUT2D eigenvalue weighted by Crippen LogP contribution is 2.49. The smallest absolute Gasteiger partial charge is 0.230 e. The third-order valence-electron chi connectivity index (χ3n) is 4.47. The lowest BCUT2D eigenvalue weighted by Crippen LogP contribution is -2.27. The number of benzene rings is 1. The van der Waals surface area contributed by atoms with Crippen LogP contribution in [0.25, 0.3) is 0 Å². The number of carbonyl (C=O) groups excluding carboxylic acids is 1. The van der Waals surface area contributed by atoms with Crippen LogP contribution in [0.2, 0.25) is 0 Å². The number of halogens is 1. The van der Waals surface area contributed by atoms with Gasteiger partial charge in [0.1, 0.15) is 5.82 Å². The molecule has 1 saturated carbocycles. The number of rotatable bonds is 3. The zero-order valence-corrected chi connectivity index (χ0v) is 11.2. The summed E-state index contributed by atoms with van der Waals surface area (Å²) in [4.78, 5) is 12.2. The Balaban J connectivity index is 1.84. The molecule has 1 aliphatic carbocycles. The second-order valence-corrected chi connectivity index (χ2v) is 5.58. The largest absolute Gasteiger partial charge is 0.323 e. The van der Waals surface area contributed by atoms with Gasteiger partial charge in [-0.3, -0.25) is 4.79 Å². The van der Waals surface area contributed by atoms with Crippen LogP contribution in [0, 0.1) is 11.2 Å². The van der Waals surface area contributed by atoms with E-state index in [0.717, 1.165) is 36.9 Å². The fourth-order valence-electron chi connectivity index (χ4n) is 2.78. The van der Waals surface area contributed by atoms with Crippen molar-refractivity contribution < 1.29 is 9.18 Å². The summed E-state index contributed by atoms with van der Waals surface area (Å²) in [5.41, 5.74) is 1.85. The Morgan fingerprint density at radius 2 is 2.26 bits per heavy atom. The van der Waals surface area contributed by atoms with Gasteiger partial charge in [0.25, 0.3) is 0 Å². The lowest BCUT2D eigenvalue weighted by Gasteiger charge is -2.20. The summed E-state index contributed by atoms with van der Waals surface area (Å²) < 4.78 is 14.4. The van der Waals surface area contributed by atoms with E-state index in [2.05, 4.69) is 10.6 Å². The van der Waals surface area contributed by atoms with Crippen LogP contribution in [0.3, 0.4) is 0 Å². The van der Waals surface area contributed by atoms with Crippen LogP contribution in [0.5, 0.6) is 0 Å². The molecule has 1 aliphatic heterocycles. The van der Waals surface area contributed by atoms with Crippen LogP contribution in [-0.2, 0) is 17.8 Å². The molecule has 4 heteroatoms. The molecule has 0 atom stereocenters. The number of fused-ring (bicyclic) bond motifs is 1. The van der Waals surface area contributed by atoms with Crippen molar-refractivity contribution in [2.45, 2.75) is 39.2 Å². The molecule has 1 fully saturated rings. The van der Waals surface area contributed by atoms with E-state index < -0.39 is 0 Å². The number of amides is 1. The Bertz CT molecular complexity index is 523. The molecule has 3 nitrogen and oxygen atoms in total. The molecule has 0 unspecified atom stereocenters. The fourth-order valence-corrected chi connectivity index (χ4v) is 2.78. The van der Waals surface area contributed by atoms with Gasteiger partial charge in [-0.05, 0) is 49.4 Å². The Morgan fingerprint density at radius 1 is 1.47 bits per heavy atom. The van der Waals surface area contributed by atoms with Gasteiger partial charge in [-0.1, -0.05) is 13.0 Å². The van der Waals surface area contributed by atoms with Gasteiger partial charge < -0.3 is 10.6 Å². The molecular weight excluding hydrogens is 243 g/mol. The minimum Gasteiger partial charge on any atom is -0.323 e. The van der Waals surface area contributed by atoms with E-state index in [1.54, 1.807) is 6.07 Å². The number of hydrogen-bond acceptors (Lipinski definition) is 2. The first-order valence-corrected chi connectivity index (χ1v) is 6.99. The van der Waals surface area contributed by atoms with Crippen LogP contribution in [0.4, 0.5) is 10.1 Å². The molecule has 1 aromatic rings. The molecule has 0 aromatic heterocycles. The van der Waals surface area contributed by atoms with Gasteiger partial charge in [-0.2, -0.15) is 0 Å². The molecule has 1 amide bonds. The number of hydrogen-bond donors (Lipinski definition) is 2. The van der Waals surface area contributed by atoms with E-state index in [-0.39, 0.29) is 17.1 Å². The van der Waals surface area contributed by atoms with Crippen molar-refractivity contribution in [1.29, 1.82) is 0 Å². The van der Waals surface area contributed by atoms with Crippen molar-refractivity contribution in [2.75, 3.05) is 11.9 Å². The van der Waals surface area contributed by atoms with Crippen LogP contribution in [0.15, 0.2) is 12.1 Å². The predicted octanol–water partition coefficient (Wildman–Crippen LogP) is 2.60. The molecule has 2 N–H and O–H groups in total.